The monoisotopic (exact) mass is 199 g/mol. The summed E-state index contributed by atoms with van der Waals surface area (Å²) < 4.78 is 5.18. The topological polar surface area (TPSA) is 49.8 Å². The second-order valence-electron chi connectivity index (χ2n) is 4.22. The molecule has 1 aliphatic heterocycles. The van der Waals surface area contributed by atoms with E-state index in [0.29, 0.717) is 13.2 Å². The van der Waals surface area contributed by atoms with Gasteiger partial charge < -0.3 is 9.84 Å². The summed E-state index contributed by atoms with van der Waals surface area (Å²) in [5, 5.41) is 8.99. The minimum Gasteiger partial charge on any atom is -0.480 e. The number of carbonyl (C=O) groups is 1. The molecule has 2 fully saturated rings. The van der Waals surface area contributed by atoms with E-state index in [1.54, 1.807) is 0 Å². The van der Waals surface area contributed by atoms with Crippen molar-refractivity contribution in [2.75, 3.05) is 26.3 Å². The van der Waals surface area contributed by atoms with E-state index in [1.807, 2.05) is 0 Å². The number of morpholine rings is 1. The van der Waals surface area contributed by atoms with E-state index in [9.17, 15) is 4.79 Å². The average Bonchev–Trinajstić information content (AvgIpc) is 2.12. The fraction of sp³-hybridized carbons (Fsp3) is 0.900. The molecule has 0 amide bonds. The summed E-state index contributed by atoms with van der Waals surface area (Å²) in [6.07, 6.45) is 3.85. The van der Waals surface area contributed by atoms with Gasteiger partial charge >= 0.3 is 5.97 Å². The van der Waals surface area contributed by atoms with Crippen LogP contribution in [0.4, 0.5) is 0 Å². The molecule has 4 nitrogen and oxygen atoms in total. The molecule has 80 valence electrons. The van der Waals surface area contributed by atoms with Gasteiger partial charge in [-0.25, -0.2) is 0 Å². The predicted octanol–water partition coefficient (Wildman–Crippen LogP) is 0.572. The van der Waals surface area contributed by atoms with Crippen LogP contribution in [0, 0.1) is 5.92 Å². The fourth-order valence-electron chi connectivity index (χ4n) is 2.09. The minimum absolute atomic E-state index is 0.349. The highest BCUT2D eigenvalue weighted by atomic mass is 16.5. The first-order valence-corrected chi connectivity index (χ1v) is 5.32. The number of ether oxygens (including phenoxy) is 1. The third-order valence-corrected chi connectivity index (χ3v) is 3.24. The Morgan fingerprint density at radius 1 is 1.50 bits per heavy atom. The number of carboxylic acids is 1. The van der Waals surface area contributed by atoms with E-state index >= 15 is 0 Å². The van der Waals surface area contributed by atoms with E-state index in [4.69, 9.17) is 9.84 Å². The van der Waals surface area contributed by atoms with Gasteiger partial charge in [-0.3, -0.25) is 9.69 Å². The van der Waals surface area contributed by atoms with Gasteiger partial charge in [0.1, 0.15) is 6.04 Å². The van der Waals surface area contributed by atoms with Crippen LogP contribution < -0.4 is 0 Å². The van der Waals surface area contributed by atoms with Crippen LogP contribution in [0.3, 0.4) is 0 Å². The van der Waals surface area contributed by atoms with Gasteiger partial charge in [0.2, 0.25) is 0 Å². The molecule has 0 spiro atoms. The molecule has 0 aromatic heterocycles. The van der Waals surface area contributed by atoms with Gasteiger partial charge in [-0.1, -0.05) is 6.42 Å². The van der Waals surface area contributed by atoms with Crippen molar-refractivity contribution in [3.63, 3.8) is 0 Å². The molecule has 4 heteroatoms. The van der Waals surface area contributed by atoms with Crippen LogP contribution in [0.15, 0.2) is 0 Å². The van der Waals surface area contributed by atoms with Gasteiger partial charge in [0.15, 0.2) is 0 Å². The molecular formula is C10H17NO3. The molecule has 2 aliphatic rings. The number of nitrogens with zero attached hydrogens (tertiary/aromatic N) is 1. The van der Waals surface area contributed by atoms with Crippen molar-refractivity contribution in [1.82, 2.24) is 4.90 Å². The fourth-order valence-corrected chi connectivity index (χ4v) is 2.09. The van der Waals surface area contributed by atoms with E-state index in [0.717, 1.165) is 19.0 Å². The van der Waals surface area contributed by atoms with E-state index in [2.05, 4.69) is 4.90 Å². The van der Waals surface area contributed by atoms with E-state index < -0.39 is 12.0 Å². The van der Waals surface area contributed by atoms with Crippen molar-refractivity contribution in [1.29, 1.82) is 0 Å². The zero-order chi connectivity index (χ0) is 9.97. The first-order chi connectivity index (χ1) is 6.77. The highest BCUT2D eigenvalue weighted by Crippen LogP contribution is 2.28. The zero-order valence-corrected chi connectivity index (χ0v) is 8.32. The second kappa shape index (κ2) is 4.28. The van der Waals surface area contributed by atoms with Crippen molar-refractivity contribution < 1.29 is 14.6 Å². The van der Waals surface area contributed by atoms with Gasteiger partial charge in [0.05, 0.1) is 13.2 Å². The van der Waals surface area contributed by atoms with Crippen molar-refractivity contribution in [2.24, 2.45) is 5.92 Å². The lowest BCUT2D eigenvalue weighted by molar-refractivity contribution is -0.150. The highest BCUT2D eigenvalue weighted by Gasteiger charge is 2.31. The third-order valence-electron chi connectivity index (χ3n) is 3.24. The predicted molar refractivity (Wildman–Crippen MR) is 51.2 cm³/mol. The van der Waals surface area contributed by atoms with Crippen LogP contribution in [0.2, 0.25) is 0 Å². The van der Waals surface area contributed by atoms with Crippen molar-refractivity contribution >= 4 is 5.97 Å². The highest BCUT2D eigenvalue weighted by molar-refractivity contribution is 5.73. The Morgan fingerprint density at radius 2 is 2.29 bits per heavy atom. The molecule has 0 bridgehead atoms. The van der Waals surface area contributed by atoms with Crippen LogP contribution >= 0.6 is 0 Å². The smallest absolute Gasteiger partial charge is 0.323 e. The number of rotatable bonds is 3. The molecule has 14 heavy (non-hydrogen) atoms. The summed E-state index contributed by atoms with van der Waals surface area (Å²) in [6, 6.07) is -0.413. The minimum atomic E-state index is -0.746. The van der Waals surface area contributed by atoms with E-state index in [-0.39, 0.29) is 0 Å². The number of aliphatic carboxylic acids is 1. The lowest BCUT2D eigenvalue weighted by atomic mass is 9.85. The van der Waals surface area contributed by atoms with Crippen molar-refractivity contribution in [2.45, 2.75) is 25.3 Å². The van der Waals surface area contributed by atoms with Crippen molar-refractivity contribution in [3.05, 3.63) is 0 Å². The number of hydrogen-bond acceptors (Lipinski definition) is 3. The average molecular weight is 199 g/mol. The van der Waals surface area contributed by atoms with Gasteiger partial charge in [-0.15, -0.1) is 0 Å². The molecule has 1 heterocycles. The molecule has 1 saturated heterocycles. The van der Waals surface area contributed by atoms with Crippen molar-refractivity contribution in [3.8, 4) is 0 Å². The summed E-state index contributed by atoms with van der Waals surface area (Å²) in [4.78, 5) is 13.0. The number of carboxylic acid groups (broad SMARTS) is 1. The Morgan fingerprint density at radius 3 is 2.86 bits per heavy atom. The Bertz CT molecular complexity index is 215. The molecule has 0 radical (unpaired) electrons. The van der Waals surface area contributed by atoms with Gasteiger partial charge in [0.25, 0.3) is 0 Å². The standard InChI is InChI=1S/C10H17NO3/c12-10(13)9-7-14-5-4-11(9)6-8-2-1-3-8/h8-9H,1-7H2,(H,12,13)/t9-/m1/s1. The molecular weight excluding hydrogens is 182 g/mol. The van der Waals surface area contributed by atoms with E-state index in [1.165, 1.54) is 19.3 Å². The summed E-state index contributed by atoms with van der Waals surface area (Å²) in [5.74, 6) is -0.0148. The first kappa shape index (κ1) is 9.93. The molecule has 1 aliphatic carbocycles. The Kier molecular flexibility index (Phi) is 3.03. The summed E-state index contributed by atoms with van der Waals surface area (Å²) in [5.41, 5.74) is 0. The normalized spacial score (nSPS) is 29.9. The van der Waals surface area contributed by atoms with Crippen LogP contribution in [0.25, 0.3) is 0 Å². The SMILES string of the molecule is O=C(O)[C@H]1COCCN1CC1CCC1. The molecule has 2 rings (SSSR count). The molecule has 0 unspecified atom stereocenters. The van der Waals surface area contributed by atoms with Gasteiger partial charge in [0, 0.05) is 13.1 Å². The quantitative estimate of drug-likeness (QED) is 0.722. The van der Waals surface area contributed by atoms with Crippen LogP contribution in [-0.2, 0) is 9.53 Å². The Labute approximate surface area is 83.8 Å². The third kappa shape index (κ3) is 2.07. The maximum atomic E-state index is 10.9. The summed E-state index contributed by atoms with van der Waals surface area (Å²) in [6.45, 7) is 2.74. The van der Waals surface area contributed by atoms with Crippen LogP contribution in [0.1, 0.15) is 19.3 Å². The maximum absolute atomic E-state index is 10.9. The van der Waals surface area contributed by atoms with Crippen LogP contribution in [0.5, 0.6) is 0 Å². The Balaban J connectivity index is 1.88. The summed E-state index contributed by atoms with van der Waals surface area (Å²) in [7, 11) is 0. The maximum Gasteiger partial charge on any atom is 0.323 e. The van der Waals surface area contributed by atoms with Gasteiger partial charge in [-0.2, -0.15) is 0 Å². The Hall–Kier alpha value is -0.610. The molecule has 1 atom stereocenters. The molecule has 1 saturated carbocycles. The zero-order valence-electron chi connectivity index (χ0n) is 8.32. The summed E-state index contributed by atoms with van der Waals surface area (Å²) >= 11 is 0. The van der Waals surface area contributed by atoms with Gasteiger partial charge in [-0.05, 0) is 18.8 Å². The lowest BCUT2D eigenvalue weighted by Gasteiger charge is -2.37. The largest absolute Gasteiger partial charge is 0.480 e. The first-order valence-electron chi connectivity index (χ1n) is 5.32. The molecule has 0 aromatic rings. The molecule has 0 aromatic carbocycles. The van der Waals surface area contributed by atoms with Crippen LogP contribution in [-0.4, -0.2) is 48.3 Å². The lowest BCUT2D eigenvalue weighted by Crippen LogP contribution is -2.52. The number of hydrogen-bond donors (Lipinski definition) is 1. The molecule has 1 N–H and O–H groups in total. The second-order valence-corrected chi connectivity index (χ2v) is 4.22.